The number of hydrogen-bond acceptors (Lipinski definition) is 5. The molecular formula is C24H16Cl2O4S3. The summed E-state index contributed by atoms with van der Waals surface area (Å²) in [6.45, 7) is 0. The van der Waals surface area contributed by atoms with Crippen LogP contribution < -0.4 is 0 Å². The van der Waals surface area contributed by atoms with Crippen LogP contribution in [0.4, 0.5) is 0 Å². The van der Waals surface area contributed by atoms with Crippen LogP contribution in [0.25, 0.3) is 0 Å². The summed E-state index contributed by atoms with van der Waals surface area (Å²) in [4.78, 5) is 2.34. The van der Waals surface area contributed by atoms with Gasteiger partial charge in [-0.1, -0.05) is 35.0 Å². The van der Waals surface area contributed by atoms with Gasteiger partial charge >= 0.3 is 0 Å². The first-order valence-electron chi connectivity index (χ1n) is 9.55. The topological polar surface area (TPSA) is 68.3 Å². The lowest BCUT2D eigenvalue weighted by Crippen LogP contribution is -2.01. The molecule has 0 radical (unpaired) electrons. The Kier molecular flexibility index (Phi) is 6.88. The Labute approximate surface area is 207 Å². The van der Waals surface area contributed by atoms with Crippen LogP contribution >= 0.6 is 35.0 Å². The van der Waals surface area contributed by atoms with Gasteiger partial charge in [-0.05, 0) is 97.1 Å². The van der Waals surface area contributed by atoms with Crippen molar-refractivity contribution in [2.45, 2.75) is 29.4 Å². The molecule has 0 unspecified atom stereocenters. The number of benzene rings is 4. The first-order valence-corrected chi connectivity index (χ1v) is 14.1. The average molecular weight is 535 g/mol. The van der Waals surface area contributed by atoms with Crippen molar-refractivity contribution >= 4 is 54.6 Å². The van der Waals surface area contributed by atoms with Crippen LogP contribution in [0.3, 0.4) is 0 Å². The normalized spacial score (nSPS) is 11.9. The van der Waals surface area contributed by atoms with Gasteiger partial charge in [-0.3, -0.25) is 0 Å². The van der Waals surface area contributed by atoms with E-state index >= 15 is 0 Å². The average Bonchev–Trinajstić information content (AvgIpc) is 2.80. The van der Waals surface area contributed by atoms with E-state index in [9.17, 15) is 16.8 Å². The lowest BCUT2D eigenvalue weighted by Gasteiger charge is -2.08. The van der Waals surface area contributed by atoms with Crippen molar-refractivity contribution in [3.63, 3.8) is 0 Å². The highest BCUT2D eigenvalue weighted by atomic mass is 35.5. The molecule has 0 aliphatic rings. The third-order valence-electron chi connectivity index (χ3n) is 4.75. The fourth-order valence-electron chi connectivity index (χ4n) is 3.01. The van der Waals surface area contributed by atoms with Gasteiger partial charge in [-0.15, -0.1) is 0 Å². The lowest BCUT2D eigenvalue weighted by molar-refractivity contribution is 0.594. The standard InChI is InChI=1S/C24H16Cl2O4S3/c25-17-1-9-21(10-2-17)32(27,28)23-13-5-19(6-14-23)31-20-7-15-24(16-8-20)33(29,30)22-11-3-18(26)4-12-22/h1-16H. The minimum atomic E-state index is -3.64. The smallest absolute Gasteiger partial charge is 0.206 e. The van der Waals surface area contributed by atoms with Crippen molar-refractivity contribution < 1.29 is 16.8 Å². The van der Waals surface area contributed by atoms with E-state index in [2.05, 4.69) is 0 Å². The zero-order valence-corrected chi connectivity index (χ0v) is 20.8. The Balaban J connectivity index is 1.51. The van der Waals surface area contributed by atoms with E-state index in [1.54, 1.807) is 48.5 Å². The minimum Gasteiger partial charge on any atom is -0.219 e. The molecule has 4 rings (SSSR count). The third-order valence-corrected chi connectivity index (χ3v) is 9.84. The van der Waals surface area contributed by atoms with Gasteiger partial charge in [0.05, 0.1) is 19.6 Å². The molecular weight excluding hydrogens is 519 g/mol. The number of halogens is 2. The molecule has 0 saturated heterocycles. The van der Waals surface area contributed by atoms with Crippen molar-refractivity contribution in [2.75, 3.05) is 0 Å². The fourth-order valence-corrected chi connectivity index (χ4v) is 6.60. The quantitative estimate of drug-likeness (QED) is 0.271. The second-order valence-corrected chi connectivity index (χ2v) is 12.9. The molecule has 0 bridgehead atoms. The molecule has 9 heteroatoms. The molecule has 4 nitrogen and oxygen atoms in total. The molecule has 0 N–H and O–H groups in total. The van der Waals surface area contributed by atoms with E-state index in [1.165, 1.54) is 60.3 Å². The van der Waals surface area contributed by atoms with E-state index in [0.29, 0.717) is 10.0 Å². The Morgan fingerprint density at radius 1 is 0.424 bits per heavy atom. The number of hydrogen-bond donors (Lipinski definition) is 0. The molecule has 0 aromatic heterocycles. The van der Waals surface area contributed by atoms with Crippen LogP contribution in [0.15, 0.2) is 126 Å². The van der Waals surface area contributed by atoms with Gasteiger partial charge in [0.15, 0.2) is 0 Å². The summed E-state index contributed by atoms with van der Waals surface area (Å²) in [6, 6.07) is 25.1. The second kappa shape index (κ2) is 9.52. The van der Waals surface area contributed by atoms with E-state index in [0.717, 1.165) is 9.79 Å². The summed E-state index contributed by atoms with van der Waals surface area (Å²) in [5, 5.41) is 0.931. The Bertz CT molecular complexity index is 1360. The molecule has 0 aliphatic heterocycles. The highest BCUT2D eigenvalue weighted by Crippen LogP contribution is 2.31. The lowest BCUT2D eigenvalue weighted by atomic mass is 10.4. The van der Waals surface area contributed by atoms with Gasteiger partial charge in [-0.25, -0.2) is 16.8 Å². The Morgan fingerprint density at radius 3 is 0.939 bits per heavy atom. The summed E-state index contributed by atoms with van der Waals surface area (Å²) < 4.78 is 51.1. The highest BCUT2D eigenvalue weighted by molar-refractivity contribution is 7.99. The van der Waals surface area contributed by atoms with Gasteiger partial charge in [0.1, 0.15) is 0 Å². The van der Waals surface area contributed by atoms with E-state index < -0.39 is 19.7 Å². The van der Waals surface area contributed by atoms with Crippen LogP contribution in [-0.2, 0) is 19.7 Å². The summed E-state index contributed by atoms with van der Waals surface area (Å²) in [5.41, 5.74) is 0. The maximum atomic E-state index is 12.8. The van der Waals surface area contributed by atoms with Crippen molar-refractivity contribution in [2.24, 2.45) is 0 Å². The zero-order valence-electron chi connectivity index (χ0n) is 16.9. The molecule has 0 aliphatic carbocycles. The number of sulfone groups is 2. The molecule has 0 amide bonds. The molecule has 0 saturated carbocycles. The van der Waals surface area contributed by atoms with Gasteiger partial charge in [0.25, 0.3) is 0 Å². The van der Waals surface area contributed by atoms with Gasteiger partial charge < -0.3 is 0 Å². The van der Waals surface area contributed by atoms with Crippen LogP contribution in [0.1, 0.15) is 0 Å². The van der Waals surface area contributed by atoms with Gasteiger partial charge in [0.2, 0.25) is 19.7 Å². The first kappa shape index (κ1) is 23.9. The van der Waals surface area contributed by atoms with Crippen LogP contribution in [0, 0.1) is 0 Å². The summed E-state index contributed by atoms with van der Waals surface area (Å²) in [6.07, 6.45) is 0. The summed E-state index contributed by atoms with van der Waals surface area (Å²) >= 11 is 13.1. The van der Waals surface area contributed by atoms with Crippen LogP contribution in [0.5, 0.6) is 0 Å². The SMILES string of the molecule is O=S(=O)(c1ccc(Cl)cc1)c1ccc(Sc2ccc(S(=O)(=O)c3ccc(Cl)cc3)cc2)cc1. The second-order valence-electron chi connectivity index (χ2n) is 6.96. The molecule has 0 heterocycles. The molecule has 168 valence electrons. The minimum absolute atomic E-state index is 0.171. The van der Waals surface area contributed by atoms with E-state index in [4.69, 9.17) is 23.2 Å². The monoisotopic (exact) mass is 534 g/mol. The molecule has 4 aromatic rings. The van der Waals surface area contributed by atoms with E-state index in [1.807, 2.05) is 0 Å². The molecule has 0 atom stereocenters. The first-order chi connectivity index (χ1) is 15.7. The van der Waals surface area contributed by atoms with Crippen LogP contribution in [-0.4, -0.2) is 16.8 Å². The fraction of sp³-hybridized carbons (Fsp3) is 0. The Hall–Kier alpha value is -2.29. The number of rotatable bonds is 6. The zero-order chi connectivity index (χ0) is 23.6. The molecule has 0 fully saturated rings. The third kappa shape index (κ3) is 5.28. The van der Waals surface area contributed by atoms with E-state index in [-0.39, 0.29) is 19.6 Å². The summed E-state index contributed by atoms with van der Waals surface area (Å²) in [5.74, 6) is 0. The molecule has 33 heavy (non-hydrogen) atoms. The van der Waals surface area contributed by atoms with Crippen molar-refractivity contribution in [3.8, 4) is 0 Å². The maximum Gasteiger partial charge on any atom is 0.206 e. The van der Waals surface area contributed by atoms with Gasteiger partial charge in [-0.2, -0.15) is 0 Å². The predicted molar refractivity (Wildman–Crippen MR) is 131 cm³/mol. The van der Waals surface area contributed by atoms with Crippen molar-refractivity contribution in [1.82, 2.24) is 0 Å². The van der Waals surface area contributed by atoms with Gasteiger partial charge in [0, 0.05) is 19.8 Å². The van der Waals surface area contributed by atoms with Crippen molar-refractivity contribution in [1.29, 1.82) is 0 Å². The summed E-state index contributed by atoms with van der Waals surface area (Å²) in [7, 11) is -7.28. The molecule has 4 aromatic carbocycles. The predicted octanol–water partition coefficient (Wildman–Crippen LogP) is 6.81. The maximum absolute atomic E-state index is 12.8. The molecule has 0 spiro atoms. The Morgan fingerprint density at radius 2 is 0.667 bits per heavy atom. The highest BCUT2D eigenvalue weighted by Gasteiger charge is 2.19. The largest absolute Gasteiger partial charge is 0.219 e. The van der Waals surface area contributed by atoms with Crippen LogP contribution in [0.2, 0.25) is 10.0 Å². The van der Waals surface area contributed by atoms with Crippen molar-refractivity contribution in [3.05, 3.63) is 107 Å².